The van der Waals surface area contributed by atoms with E-state index < -0.39 is 34.4 Å². The van der Waals surface area contributed by atoms with Gasteiger partial charge in [0, 0.05) is 49.7 Å². The summed E-state index contributed by atoms with van der Waals surface area (Å²) >= 11 is 0. The Morgan fingerprint density at radius 2 is 1.03 bits per heavy atom. The molecule has 0 aliphatic carbocycles. The third kappa shape index (κ3) is 6.42. The number of aryl methyl sites for hydroxylation is 4. The van der Waals surface area contributed by atoms with Crippen LogP contribution in [-0.4, -0.2) is 44.4 Å². The van der Waals surface area contributed by atoms with E-state index in [0.29, 0.717) is 24.0 Å². The Morgan fingerprint density at radius 3 is 1.35 bits per heavy atom. The van der Waals surface area contributed by atoms with Crippen LogP contribution in [0.15, 0.2) is 31.6 Å². The van der Waals surface area contributed by atoms with Crippen LogP contribution in [0, 0.1) is 13.8 Å². The van der Waals surface area contributed by atoms with Crippen LogP contribution in [0.25, 0.3) is 0 Å². The lowest BCUT2D eigenvalue weighted by molar-refractivity contribution is -0.141. The SMILES string of the molecule is COC(=O)CCn1cc(C)c(=O)n(CCCCn2c(=O)c(C)cn(CCC(=O)OC)c2=O)c1=O. The highest BCUT2D eigenvalue weighted by Crippen LogP contribution is 1.98. The lowest BCUT2D eigenvalue weighted by Gasteiger charge is -2.13. The summed E-state index contributed by atoms with van der Waals surface area (Å²) < 4.78 is 13.9. The Balaban J connectivity index is 2.14. The van der Waals surface area contributed by atoms with Crippen molar-refractivity contribution in [2.75, 3.05) is 14.2 Å². The molecule has 0 N–H and O–H groups in total. The number of ether oxygens (including phenoxy) is 2. The standard InChI is InChI=1S/C22H30N4O8/c1-15-13-23(11-7-17(27)33-3)21(31)25(19(15)29)9-5-6-10-26-20(30)16(2)14-24(22(26)32)12-8-18(28)34-4/h13-14H,5-12H2,1-4H3. The van der Waals surface area contributed by atoms with Crippen LogP contribution in [0.4, 0.5) is 0 Å². The minimum atomic E-state index is -0.544. The van der Waals surface area contributed by atoms with E-state index in [2.05, 4.69) is 9.47 Å². The first kappa shape index (κ1) is 26.6. The molecular formula is C22H30N4O8. The van der Waals surface area contributed by atoms with Crippen molar-refractivity contribution in [1.82, 2.24) is 18.3 Å². The Hall–Kier alpha value is -3.70. The fourth-order valence-corrected chi connectivity index (χ4v) is 3.48. The lowest BCUT2D eigenvalue weighted by atomic mass is 10.2. The monoisotopic (exact) mass is 478 g/mol. The summed E-state index contributed by atoms with van der Waals surface area (Å²) in [6.07, 6.45) is 3.52. The van der Waals surface area contributed by atoms with Crippen LogP contribution in [0.5, 0.6) is 0 Å². The second kappa shape index (κ2) is 12.0. The first-order chi connectivity index (χ1) is 16.1. The van der Waals surface area contributed by atoms with Gasteiger partial charge in [0.15, 0.2) is 0 Å². The van der Waals surface area contributed by atoms with Crippen molar-refractivity contribution in [3.63, 3.8) is 0 Å². The van der Waals surface area contributed by atoms with Gasteiger partial charge in [-0.05, 0) is 26.7 Å². The molecule has 0 amide bonds. The molecule has 2 rings (SSSR count). The third-order valence-electron chi connectivity index (χ3n) is 5.40. The van der Waals surface area contributed by atoms with E-state index in [1.54, 1.807) is 13.8 Å². The Labute approximate surface area is 195 Å². The summed E-state index contributed by atoms with van der Waals surface area (Å²) in [4.78, 5) is 73.1. The topological polar surface area (TPSA) is 141 Å². The second-order valence-corrected chi connectivity index (χ2v) is 7.85. The minimum absolute atomic E-state index is 0.00736. The van der Waals surface area contributed by atoms with Gasteiger partial charge >= 0.3 is 23.3 Å². The molecule has 12 nitrogen and oxygen atoms in total. The molecule has 186 valence electrons. The molecule has 2 aromatic heterocycles. The molecule has 2 heterocycles. The highest BCUT2D eigenvalue weighted by molar-refractivity contribution is 5.69. The number of rotatable bonds is 11. The summed E-state index contributed by atoms with van der Waals surface area (Å²) in [6.45, 7) is 3.50. The predicted octanol–water partition coefficient (Wildman–Crippen LogP) is -0.443. The van der Waals surface area contributed by atoms with E-state index in [-0.39, 0.29) is 39.0 Å². The third-order valence-corrected chi connectivity index (χ3v) is 5.40. The van der Waals surface area contributed by atoms with Crippen LogP contribution in [0.3, 0.4) is 0 Å². The summed E-state index contributed by atoms with van der Waals surface area (Å²) in [6, 6.07) is 0. The molecule has 0 aromatic carbocycles. The molecule has 0 aliphatic heterocycles. The van der Waals surface area contributed by atoms with Crippen molar-refractivity contribution in [2.24, 2.45) is 0 Å². The smallest absolute Gasteiger partial charge is 0.330 e. The maximum Gasteiger partial charge on any atom is 0.330 e. The average molecular weight is 479 g/mol. The quantitative estimate of drug-likeness (QED) is 0.313. The van der Waals surface area contributed by atoms with Gasteiger partial charge in [-0.15, -0.1) is 0 Å². The number of methoxy groups -OCH3 is 2. The van der Waals surface area contributed by atoms with Gasteiger partial charge in [0.05, 0.1) is 27.1 Å². The first-order valence-corrected chi connectivity index (χ1v) is 10.9. The normalized spacial score (nSPS) is 10.8. The molecule has 0 spiro atoms. The zero-order chi connectivity index (χ0) is 25.4. The minimum Gasteiger partial charge on any atom is -0.469 e. The second-order valence-electron chi connectivity index (χ2n) is 7.85. The fourth-order valence-electron chi connectivity index (χ4n) is 3.48. The number of hydrogen-bond acceptors (Lipinski definition) is 8. The zero-order valence-corrected chi connectivity index (χ0v) is 19.9. The predicted molar refractivity (Wildman–Crippen MR) is 122 cm³/mol. The lowest BCUT2D eigenvalue weighted by Crippen LogP contribution is -2.42. The van der Waals surface area contributed by atoms with E-state index in [1.807, 2.05) is 0 Å². The number of carbonyl (C=O) groups is 2. The van der Waals surface area contributed by atoms with E-state index in [0.717, 1.165) is 9.13 Å². The Morgan fingerprint density at radius 1 is 0.676 bits per heavy atom. The molecule has 0 saturated carbocycles. The number of hydrogen-bond donors (Lipinski definition) is 0. The largest absolute Gasteiger partial charge is 0.469 e. The molecule has 0 unspecified atom stereocenters. The zero-order valence-electron chi connectivity index (χ0n) is 19.9. The van der Waals surface area contributed by atoms with Gasteiger partial charge in [-0.3, -0.25) is 37.4 Å². The first-order valence-electron chi connectivity index (χ1n) is 10.9. The van der Waals surface area contributed by atoms with Gasteiger partial charge in [0.2, 0.25) is 0 Å². The van der Waals surface area contributed by atoms with Crippen molar-refractivity contribution < 1.29 is 19.1 Å². The highest BCUT2D eigenvalue weighted by atomic mass is 16.5. The fraction of sp³-hybridized carbons (Fsp3) is 0.545. The van der Waals surface area contributed by atoms with Crippen molar-refractivity contribution >= 4 is 11.9 Å². The molecule has 34 heavy (non-hydrogen) atoms. The van der Waals surface area contributed by atoms with Gasteiger partial charge in [-0.1, -0.05) is 0 Å². The molecule has 2 aromatic rings. The van der Waals surface area contributed by atoms with Gasteiger partial charge in [-0.25, -0.2) is 9.59 Å². The maximum atomic E-state index is 12.7. The van der Waals surface area contributed by atoms with Gasteiger partial charge in [0.1, 0.15) is 0 Å². The Bertz CT molecular complexity index is 1180. The number of aromatic nitrogens is 4. The molecule has 0 bridgehead atoms. The van der Waals surface area contributed by atoms with Crippen LogP contribution in [0.2, 0.25) is 0 Å². The Kier molecular flexibility index (Phi) is 9.34. The molecule has 0 aliphatic rings. The van der Waals surface area contributed by atoms with Crippen molar-refractivity contribution in [3.05, 3.63) is 65.2 Å². The summed E-state index contributed by atoms with van der Waals surface area (Å²) in [5, 5.41) is 0. The maximum absolute atomic E-state index is 12.7. The number of esters is 2. The molecule has 0 fully saturated rings. The summed E-state index contributed by atoms with van der Waals surface area (Å²) in [5.41, 5.74) is -1.25. The van der Waals surface area contributed by atoms with E-state index in [1.165, 1.54) is 35.7 Å². The average Bonchev–Trinajstić information content (AvgIpc) is 2.82. The van der Waals surface area contributed by atoms with Crippen molar-refractivity contribution in [2.45, 2.75) is 65.7 Å². The van der Waals surface area contributed by atoms with Crippen LogP contribution in [-0.2, 0) is 45.2 Å². The van der Waals surface area contributed by atoms with E-state index >= 15 is 0 Å². The van der Waals surface area contributed by atoms with Gasteiger partial charge < -0.3 is 9.47 Å². The van der Waals surface area contributed by atoms with Crippen LogP contribution >= 0.6 is 0 Å². The van der Waals surface area contributed by atoms with Crippen LogP contribution < -0.4 is 22.5 Å². The van der Waals surface area contributed by atoms with Crippen LogP contribution in [0.1, 0.15) is 36.8 Å². The molecular weight excluding hydrogens is 448 g/mol. The van der Waals surface area contributed by atoms with Crippen molar-refractivity contribution in [1.29, 1.82) is 0 Å². The number of nitrogens with zero attached hydrogens (tertiary/aromatic N) is 4. The number of unbranched alkanes of at least 4 members (excludes halogenated alkanes) is 1. The number of carbonyl (C=O) groups excluding carboxylic acids is 2. The highest BCUT2D eigenvalue weighted by Gasteiger charge is 2.13. The van der Waals surface area contributed by atoms with Gasteiger partial charge in [0.25, 0.3) is 11.1 Å². The van der Waals surface area contributed by atoms with E-state index in [9.17, 15) is 28.8 Å². The molecule has 12 heteroatoms. The van der Waals surface area contributed by atoms with Crippen molar-refractivity contribution in [3.8, 4) is 0 Å². The van der Waals surface area contributed by atoms with E-state index in [4.69, 9.17) is 0 Å². The molecule has 0 atom stereocenters. The molecule has 0 saturated heterocycles. The molecule has 0 radical (unpaired) electrons. The van der Waals surface area contributed by atoms with Gasteiger partial charge in [-0.2, -0.15) is 0 Å². The summed E-state index contributed by atoms with van der Waals surface area (Å²) in [7, 11) is 2.51. The summed E-state index contributed by atoms with van der Waals surface area (Å²) in [5.74, 6) is -0.939.